The van der Waals surface area contributed by atoms with E-state index in [1.807, 2.05) is 6.92 Å². The lowest BCUT2D eigenvalue weighted by Crippen LogP contribution is -2.20. The maximum Gasteiger partial charge on any atom is 0.306 e. The van der Waals surface area contributed by atoms with Gasteiger partial charge in [-0.2, -0.15) is 0 Å². The van der Waals surface area contributed by atoms with Crippen LogP contribution < -0.4 is 4.74 Å². The zero-order valence-corrected chi connectivity index (χ0v) is 20.2. The van der Waals surface area contributed by atoms with Gasteiger partial charge in [0.05, 0.1) is 25.0 Å². The van der Waals surface area contributed by atoms with Gasteiger partial charge in [-0.3, -0.25) is 4.79 Å². The Labute approximate surface area is 195 Å². The summed E-state index contributed by atoms with van der Waals surface area (Å²) in [6.07, 6.45) is 1.25. The first-order valence-corrected chi connectivity index (χ1v) is 12.1. The molecule has 0 bridgehead atoms. The van der Waals surface area contributed by atoms with Crippen molar-refractivity contribution in [1.82, 2.24) is 3.97 Å². The Morgan fingerprint density at radius 2 is 1.84 bits per heavy atom. The molecule has 0 saturated carbocycles. The Balaban J connectivity index is 2.16. The van der Waals surface area contributed by atoms with E-state index in [0.29, 0.717) is 15.7 Å². The van der Waals surface area contributed by atoms with Crippen molar-refractivity contribution in [3.05, 3.63) is 81.8 Å². The number of hydrogen-bond donors (Lipinski definition) is 0. The predicted molar refractivity (Wildman–Crippen MR) is 122 cm³/mol. The van der Waals surface area contributed by atoms with Gasteiger partial charge < -0.3 is 9.47 Å². The summed E-state index contributed by atoms with van der Waals surface area (Å²) in [5.41, 5.74) is 1.64. The molecule has 0 aliphatic heterocycles. The molecule has 6 nitrogen and oxygen atoms in total. The maximum atomic E-state index is 14.5. The van der Waals surface area contributed by atoms with Gasteiger partial charge in [0.2, 0.25) is 0 Å². The molecule has 1 aromatic heterocycles. The fraction of sp³-hybridized carbons (Fsp3) is 0.261. The summed E-state index contributed by atoms with van der Waals surface area (Å²) in [5.74, 6) is -1.86. The minimum atomic E-state index is -3.97. The molecule has 0 spiro atoms. The molecule has 1 heterocycles. The number of aromatic nitrogens is 1. The van der Waals surface area contributed by atoms with Crippen molar-refractivity contribution in [2.75, 3.05) is 13.7 Å². The maximum absolute atomic E-state index is 14.5. The first-order chi connectivity index (χ1) is 15.2. The highest BCUT2D eigenvalue weighted by molar-refractivity contribution is 9.10. The number of esters is 1. The lowest BCUT2D eigenvalue weighted by atomic mass is 9.92. The molecular weight excluding hydrogens is 501 g/mol. The van der Waals surface area contributed by atoms with Gasteiger partial charge in [0.15, 0.2) is 11.6 Å². The average molecular weight is 524 g/mol. The largest absolute Gasteiger partial charge is 0.494 e. The highest BCUT2D eigenvalue weighted by Crippen LogP contribution is 2.35. The van der Waals surface area contributed by atoms with E-state index >= 15 is 0 Å². The average Bonchev–Trinajstić information content (AvgIpc) is 3.15. The summed E-state index contributed by atoms with van der Waals surface area (Å²) in [4.78, 5) is 12.5. The Bertz CT molecular complexity index is 1220. The number of methoxy groups -OCH3 is 1. The second-order valence-electron chi connectivity index (χ2n) is 7.15. The van der Waals surface area contributed by atoms with Crippen LogP contribution in [0.4, 0.5) is 4.39 Å². The number of aryl methyl sites for hydroxylation is 1. The van der Waals surface area contributed by atoms with Gasteiger partial charge in [0.1, 0.15) is 0 Å². The van der Waals surface area contributed by atoms with Crippen LogP contribution in [-0.4, -0.2) is 32.1 Å². The van der Waals surface area contributed by atoms with E-state index in [-0.39, 0.29) is 23.7 Å². The lowest BCUT2D eigenvalue weighted by Gasteiger charge is -2.20. The number of carbonyl (C=O) groups excluding carboxylic acids is 1. The molecule has 0 aliphatic carbocycles. The number of halogens is 2. The number of nitrogens with zero attached hydrogens (tertiary/aromatic N) is 1. The third kappa shape index (κ3) is 5.05. The second kappa shape index (κ2) is 9.87. The van der Waals surface area contributed by atoms with Crippen LogP contribution in [0, 0.1) is 12.7 Å². The molecule has 0 N–H and O–H groups in total. The van der Waals surface area contributed by atoms with Gasteiger partial charge >= 0.3 is 5.97 Å². The van der Waals surface area contributed by atoms with Crippen molar-refractivity contribution in [3.63, 3.8) is 0 Å². The molecule has 9 heteroatoms. The van der Waals surface area contributed by atoms with Crippen LogP contribution in [0.25, 0.3) is 0 Å². The molecule has 0 aliphatic rings. The molecule has 0 fully saturated rings. The standard InChI is InChI=1S/C23H23BrFNO5S/c1-4-31-23(27)13-19(16-7-10-22(30-3)20(25)11-16)21-12-17(24)14-26(21)32(28,29)18-8-5-15(2)6-9-18/h5-12,14,19H,4,13H2,1-3H3. The van der Waals surface area contributed by atoms with Crippen LogP contribution in [0.1, 0.15) is 36.1 Å². The second-order valence-corrected chi connectivity index (χ2v) is 9.88. The number of ether oxygens (including phenoxy) is 2. The Hall–Kier alpha value is -2.65. The zero-order chi connectivity index (χ0) is 23.5. The van der Waals surface area contributed by atoms with Gasteiger partial charge in [-0.15, -0.1) is 0 Å². The summed E-state index contributed by atoms with van der Waals surface area (Å²) in [7, 11) is -2.62. The van der Waals surface area contributed by atoms with Crippen LogP contribution in [-0.2, 0) is 19.6 Å². The quantitative estimate of drug-likeness (QED) is 0.387. The van der Waals surface area contributed by atoms with Crippen LogP contribution in [0.5, 0.6) is 5.75 Å². The van der Waals surface area contributed by atoms with Crippen LogP contribution in [0.2, 0.25) is 0 Å². The third-order valence-electron chi connectivity index (χ3n) is 4.97. The van der Waals surface area contributed by atoms with Gasteiger partial charge in [0, 0.05) is 22.3 Å². The monoisotopic (exact) mass is 523 g/mol. The van der Waals surface area contributed by atoms with E-state index in [2.05, 4.69) is 15.9 Å². The Morgan fingerprint density at radius 3 is 2.44 bits per heavy atom. The number of benzene rings is 2. The SMILES string of the molecule is CCOC(=O)CC(c1ccc(OC)c(F)c1)c1cc(Br)cn1S(=O)(=O)c1ccc(C)cc1. The molecule has 3 aromatic rings. The molecule has 32 heavy (non-hydrogen) atoms. The molecule has 0 saturated heterocycles. The molecular formula is C23H23BrFNO5S. The number of carbonyl (C=O) groups is 1. The normalized spacial score (nSPS) is 12.4. The highest BCUT2D eigenvalue weighted by Gasteiger charge is 2.29. The van der Waals surface area contributed by atoms with Crippen LogP contribution in [0.3, 0.4) is 0 Å². The molecule has 0 radical (unpaired) electrons. The van der Waals surface area contributed by atoms with E-state index in [4.69, 9.17) is 9.47 Å². The first-order valence-electron chi connectivity index (χ1n) is 9.86. The fourth-order valence-corrected chi connectivity index (χ4v) is 5.39. The summed E-state index contributed by atoms with van der Waals surface area (Å²) in [5, 5.41) is 0. The Morgan fingerprint density at radius 1 is 1.16 bits per heavy atom. The van der Waals surface area contributed by atoms with Crippen molar-refractivity contribution < 1.29 is 27.1 Å². The zero-order valence-electron chi connectivity index (χ0n) is 17.8. The van der Waals surface area contributed by atoms with Crippen LogP contribution in [0.15, 0.2) is 64.1 Å². The van der Waals surface area contributed by atoms with E-state index in [1.165, 1.54) is 37.6 Å². The predicted octanol–water partition coefficient (Wildman–Crippen LogP) is 5.03. The summed E-state index contributed by atoms with van der Waals surface area (Å²) in [6.45, 7) is 3.72. The minimum Gasteiger partial charge on any atom is -0.494 e. The van der Waals surface area contributed by atoms with Crippen molar-refractivity contribution in [1.29, 1.82) is 0 Å². The first kappa shape index (κ1) is 24.0. The molecule has 1 atom stereocenters. The van der Waals surface area contributed by atoms with Crippen LogP contribution >= 0.6 is 15.9 Å². The number of rotatable bonds is 8. The van der Waals surface area contributed by atoms with Crippen molar-refractivity contribution >= 4 is 31.9 Å². The summed E-state index contributed by atoms with van der Waals surface area (Å²) >= 11 is 3.34. The van der Waals surface area contributed by atoms with Gasteiger partial charge in [0.25, 0.3) is 10.0 Å². The van der Waals surface area contributed by atoms with Crippen molar-refractivity contribution in [2.45, 2.75) is 31.1 Å². The van der Waals surface area contributed by atoms with E-state index in [9.17, 15) is 17.6 Å². The lowest BCUT2D eigenvalue weighted by molar-refractivity contribution is -0.143. The fourth-order valence-electron chi connectivity index (χ4n) is 3.39. The Kier molecular flexibility index (Phi) is 7.40. The van der Waals surface area contributed by atoms with Crippen molar-refractivity contribution in [2.24, 2.45) is 0 Å². The van der Waals surface area contributed by atoms with Gasteiger partial charge in [-0.25, -0.2) is 16.8 Å². The highest BCUT2D eigenvalue weighted by atomic mass is 79.9. The third-order valence-corrected chi connectivity index (χ3v) is 7.11. The smallest absolute Gasteiger partial charge is 0.306 e. The molecule has 170 valence electrons. The minimum absolute atomic E-state index is 0.0486. The van der Waals surface area contributed by atoms with Crippen molar-refractivity contribution in [3.8, 4) is 5.75 Å². The van der Waals surface area contributed by atoms with E-state index < -0.39 is 27.7 Å². The van der Waals surface area contributed by atoms with Gasteiger partial charge in [-0.1, -0.05) is 23.8 Å². The molecule has 3 rings (SSSR count). The number of hydrogen-bond acceptors (Lipinski definition) is 5. The van der Waals surface area contributed by atoms with Gasteiger partial charge in [-0.05, 0) is 65.7 Å². The molecule has 1 unspecified atom stereocenters. The summed E-state index contributed by atoms with van der Waals surface area (Å²) < 4.78 is 53.0. The summed E-state index contributed by atoms with van der Waals surface area (Å²) in [6, 6.07) is 12.4. The topological polar surface area (TPSA) is 74.6 Å². The van der Waals surface area contributed by atoms with E-state index in [0.717, 1.165) is 9.54 Å². The van der Waals surface area contributed by atoms with E-state index in [1.54, 1.807) is 31.2 Å². The molecule has 2 aromatic carbocycles. The molecule has 0 amide bonds.